The number of fused-ring (bicyclic) bond motifs is 1. The third-order valence-electron chi connectivity index (χ3n) is 6.79. The SMILES string of the molecule is CNC(=O)[C@@H](NC(=O)c1ccc(-c2ccc(NC(=O)c3cn4ccccc4n3)cc2)o1)C1CCCCC1. The molecule has 190 valence electrons. The lowest BCUT2D eigenvalue weighted by molar-refractivity contribution is -0.124. The van der Waals surface area contributed by atoms with E-state index in [1.807, 2.05) is 24.4 Å². The maximum absolute atomic E-state index is 12.9. The predicted molar refractivity (Wildman–Crippen MR) is 139 cm³/mol. The van der Waals surface area contributed by atoms with Gasteiger partial charge in [-0.1, -0.05) is 25.3 Å². The molecule has 37 heavy (non-hydrogen) atoms. The largest absolute Gasteiger partial charge is 0.451 e. The van der Waals surface area contributed by atoms with Crippen LogP contribution in [0, 0.1) is 5.92 Å². The Morgan fingerprint density at radius 1 is 0.973 bits per heavy atom. The van der Waals surface area contributed by atoms with E-state index in [-0.39, 0.29) is 23.5 Å². The Morgan fingerprint density at radius 3 is 2.49 bits per heavy atom. The fourth-order valence-corrected chi connectivity index (χ4v) is 4.80. The first-order valence-corrected chi connectivity index (χ1v) is 12.5. The van der Waals surface area contributed by atoms with Gasteiger partial charge in [0.05, 0.1) is 0 Å². The van der Waals surface area contributed by atoms with E-state index in [4.69, 9.17) is 4.42 Å². The van der Waals surface area contributed by atoms with Crippen molar-refractivity contribution in [3.8, 4) is 11.3 Å². The molecule has 4 aromatic rings. The smallest absolute Gasteiger partial charge is 0.287 e. The molecular weight excluding hydrogens is 470 g/mol. The summed E-state index contributed by atoms with van der Waals surface area (Å²) < 4.78 is 7.60. The molecule has 0 unspecified atom stereocenters. The van der Waals surface area contributed by atoms with Gasteiger partial charge in [-0.25, -0.2) is 4.98 Å². The topological polar surface area (TPSA) is 118 Å². The molecule has 3 heterocycles. The Kier molecular flexibility index (Phi) is 7.02. The Bertz CT molecular complexity index is 1380. The summed E-state index contributed by atoms with van der Waals surface area (Å²) in [6.45, 7) is 0. The molecule has 0 saturated heterocycles. The first-order chi connectivity index (χ1) is 18.0. The third kappa shape index (κ3) is 5.40. The Hall–Kier alpha value is -4.40. The number of pyridine rings is 1. The molecule has 0 spiro atoms. The van der Waals surface area contributed by atoms with E-state index >= 15 is 0 Å². The molecule has 1 aromatic carbocycles. The summed E-state index contributed by atoms with van der Waals surface area (Å²) in [4.78, 5) is 42.3. The number of nitrogens with zero attached hydrogens (tertiary/aromatic N) is 2. The summed E-state index contributed by atoms with van der Waals surface area (Å²) in [5.74, 6) is -0.135. The van der Waals surface area contributed by atoms with Crippen molar-refractivity contribution < 1.29 is 18.8 Å². The van der Waals surface area contributed by atoms with Gasteiger partial charge in [0.15, 0.2) is 5.76 Å². The molecule has 5 rings (SSSR count). The monoisotopic (exact) mass is 499 g/mol. The molecule has 0 radical (unpaired) electrons. The fraction of sp³-hybridized carbons (Fsp3) is 0.286. The summed E-state index contributed by atoms with van der Waals surface area (Å²) in [5, 5.41) is 8.38. The Morgan fingerprint density at radius 2 is 1.76 bits per heavy atom. The fourth-order valence-electron chi connectivity index (χ4n) is 4.80. The van der Waals surface area contributed by atoms with Crippen LogP contribution in [0.2, 0.25) is 0 Å². The number of hydrogen-bond acceptors (Lipinski definition) is 5. The second kappa shape index (κ2) is 10.7. The number of imidazole rings is 1. The maximum Gasteiger partial charge on any atom is 0.287 e. The first-order valence-electron chi connectivity index (χ1n) is 12.5. The predicted octanol–water partition coefficient (Wildman–Crippen LogP) is 4.27. The van der Waals surface area contributed by atoms with Gasteiger partial charge in [0.2, 0.25) is 5.91 Å². The zero-order chi connectivity index (χ0) is 25.8. The number of benzene rings is 1. The van der Waals surface area contributed by atoms with Gasteiger partial charge in [-0.15, -0.1) is 0 Å². The van der Waals surface area contributed by atoms with Crippen LogP contribution in [-0.4, -0.2) is 40.2 Å². The normalized spacial score (nSPS) is 14.7. The van der Waals surface area contributed by atoms with Crippen molar-refractivity contribution in [2.24, 2.45) is 5.92 Å². The van der Waals surface area contributed by atoms with E-state index in [0.717, 1.165) is 37.7 Å². The quantitative estimate of drug-likeness (QED) is 0.351. The lowest BCUT2D eigenvalue weighted by Crippen LogP contribution is -2.50. The molecule has 1 aliphatic carbocycles. The van der Waals surface area contributed by atoms with E-state index < -0.39 is 11.9 Å². The molecule has 1 aliphatic rings. The van der Waals surface area contributed by atoms with Crippen LogP contribution in [-0.2, 0) is 4.79 Å². The maximum atomic E-state index is 12.9. The summed E-state index contributed by atoms with van der Waals surface area (Å²) in [7, 11) is 1.58. The molecule has 0 bridgehead atoms. The molecule has 3 N–H and O–H groups in total. The van der Waals surface area contributed by atoms with Gasteiger partial charge in [0.25, 0.3) is 11.8 Å². The lowest BCUT2D eigenvalue weighted by Gasteiger charge is -2.29. The molecule has 1 atom stereocenters. The minimum Gasteiger partial charge on any atom is -0.451 e. The number of likely N-dealkylation sites (N-methyl/N-ethyl adjacent to an activating group) is 1. The van der Waals surface area contributed by atoms with Crippen LogP contribution >= 0.6 is 0 Å². The lowest BCUT2D eigenvalue weighted by atomic mass is 9.83. The number of aromatic nitrogens is 2. The molecule has 1 fully saturated rings. The Balaban J connectivity index is 1.24. The highest BCUT2D eigenvalue weighted by molar-refractivity contribution is 6.03. The van der Waals surface area contributed by atoms with Gasteiger partial charge in [-0.05, 0) is 67.3 Å². The standard InChI is InChI=1S/C28H29N5O4/c1-29-28(36)25(19-7-3-2-4-8-19)32-27(35)23-15-14-22(37-23)18-10-12-20(13-11-18)30-26(34)21-17-33-16-6-5-9-24(33)31-21/h5-6,9-17,19,25H,2-4,7-8H2,1H3,(H,29,36)(H,30,34)(H,32,35)/t25-/m0/s1. The second-order valence-electron chi connectivity index (χ2n) is 9.25. The van der Waals surface area contributed by atoms with Crippen LogP contribution in [0.25, 0.3) is 17.0 Å². The highest BCUT2D eigenvalue weighted by Crippen LogP contribution is 2.28. The van der Waals surface area contributed by atoms with Crippen molar-refractivity contribution in [1.29, 1.82) is 0 Å². The van der Waals surface area contributed by atoms with Crippen LogP contribution in [0.3, 0.4) is 0 Å². The third-order valence-corrected chi connectivity index (χ3v) is 6.79. The number of amides is 3. The van der Waals surface area contributed by atoms with Gasteiger partial charge in [0, 0.05) is 30.7 Å². The molecule has 3 aromatic heterocycles. The summed E-state index contributed by atoms with van der Waals surface area (Å²) >= 11 is 0. The summed E-state index contributed by atoms with van der Waals surface area (Å²) in [5.41, 5.74) is 2.37. The van der Waals surface area contributed by atoms with Gasteiger partial charge in [-0.3, -0.25) is 14.4 Å². The second-order valence-corrected chi connectivity index (χ2v) is 9.25. The van der Waals surface area contributed by atoms with Crippen molar-refractivity contribution in [1.82, 2.24) is 20.0 Å². The minimum absolute atomic E-state index is 0.121. The number of carbonyl (C=O) groups excluding carboxylic acids is 3. The van der Waals surface area contributed by atoms with E-state index in [9.17, 15) is 14.4 Å². The van der Waals surface area contributed by atoms with Crippen LogP contribution < -0.4 is 16.0 Å². The van der Waals surface area contributed by atoms with Gasteiger partial charge < -0.3 is 24.8 Å². The number of anilines is 1. The molecule has 3 amide bonds. The molecule has 0 aliphatic heterocycles. The Labute approximate surface area is 214 Å². The number of nitrogens with one attached hydrogen (secondary N) is 3. The molecular formula is C28H29N5O4. The van der Waals surface area contributed by atoms with E-state index in [1.165, 1.54) is 0 Å². The van der Waals surface area contributed by atoms with Crippen molar-refractivity contribution in [2.75, 3.05) is 12.4 Å². The van der Waals surface area contributed by atoms with E-state index in [1.54, 1.807) is 54.0 Å². The summed E-state index contributed by atoms with van der Waals surface area (Å²) in [6, 6.07) is 15.4. The van der Waals surface area contributed by atoms with Gasteiger partial charge in [0.1, 0.15) is 23.1 Å². The number of carbonyl (C=O) groups is 3. The minimum atomic E-state index is -0.581. The van der Waals surface area contributed by atoms with E-state index in [0.29, 0.717) is 22.8 Å². The van der Waals surface area contributed by atoms with Crippen LogP contribution in [0.15, 0.2) is 71.4 Å². The van der Waals surface area contributed by atoms with Crippen molar-refractivity contribution in [2.45, 2.75) is 38.1 Å². The highest BCUT2D eigenvalue weighted by Gasteiger charge is 2.31. The zero-order valence-corrected chi connectivity index (χ0v) is 20.6. The molecule has 1 saturated carbocycles. The molecule has 9 heteroatoms. The average Bonchev–Trinajstić information content (AvgIpc) is 3.60. The van der Waals surface area contributed by atoms with Crippen LogP contribution in [0.4, 0.5) is 5.69 Å². The number of hydrogen-bond donors (Lipinski definition) is 3. The van der Waals surface area contributed by atoms with Crippen molar-refractivity contribution in [3.05, 3.63) is 78.4 Å². The van der Waals surface area contributed by atoms with Crippen molar-refractivity contribution >= 4 is 29.1 Å². The zero-order valence-electron chi connectivity index (χ0n) is 20.6. The van der Waals surface area contributed by atoms with E-state index in [2.05, 4.69) is 20.9 Å². The van der Waals surface area contributed by atoms with Crippen molar-refractivity contribution in [3.63, 3.8) is 0 Å². The highest BCUT2D eigenvalue weighted by atomic mass is 16.4. The van der Waals surface area contributed by atoms with Crippen LogP contribution in [0.5, 0.6) is 0 Å². The average molecular weight is 500 g/mol. The van der Waals surface area contributed by atoms with Crippen LogP contribution in [0.1, 0.15) is 53.1 Å². The summed E-state index contributed by atoms with van der Waals surface area (Å²) in [6.07, 6.45) is 8.64. The van der Waals surface area contributed by atoms with Gasteiger partial charge in [-0.2, -0.15) is 0 Å². The van der Waals surface area contributed by atoms with Gasteiger partial charge >= 0.3 is 0 Å². The molecule has 9 nitrogen and oxygen atoms in total. The number of rotatable bonds is 7. The first kappa shape index (κ1) is 24.3. The number of furan rings is 1.